The molecule has 10 heteroatoms. The summed E-state index contributed by atoms with van der Waals surface area (Å²) in [6.07, 6.45) is 0.356. The maximum Gasteiger partial charge on any atom is 0.255 e. The van der Waals surface area contributed by atoms with Crippen molar-refractivity contribution in [3.05, 3.63) is 45.7 Å². The molecule has 4 rings (SSSR count). The molecule has 0 unspecified atom stereocenters. The van der Waals surface area contributed by atoms with Crippen molar-refractivity contribution in [1.29, 1.82) is 0 Å². The van der Waals surface area contributed by atoms with E-state index in [1.807, 2.05) is 19.0 Å². The number of primary amides is 1. The number of aliphatic hydroxyl groups excluding tert-OH is 2. The highest BCUT2D eigenvalue weighted by molar-refractivity contribution is 6.24. The van der Waals surface area contributed by atoms with Crippen LogP contribution < -0.4 is 5.73 Å². The van der Waals surface area contributed by atoms with E-state index in [9.17, 15) is 34.8 Å². The first-order chi connectivity index (χ1) is 15.8. The number of fused-ring (bicyclic) bond motifs is 3. The van der Waals surface area contributed by atoms with Crippen molar-refractivity contribution in [1.82, 2.24) is 9.80 Å². The van der Waals surface area contributed by atoms with Crippen LogP contribution in [0, 0.1) is 11.8 Å². The molecule has 34 heavy (non-hydrogen) atoms. The van der Waals surface area contributed by atoms with Gasteiger partial charge in [-0.15, -0.1) is 0 Å². The van der Waals surface area contributed by atoms with E-state index in [-0.39, 0.29) is 29.7 Å². The zero-order valence-corrected chi connectivity index (χ0v) is 19.5. The molecule has 0 aromatic heterocycles. The van der Waals surface area contributed by atoms with Gasteiger partial charge in [-0.3, -0.25) is 19.3 Å². The Hall–Kier alpha value is -3.21. The number of nitrogens with zero attached hydrogens (tertiary/aromatic N) is 2. The molecule has 0 bridgehead atoms. The van der Waals surface area contributed by atoms with Gasteiger partial charge in [0.1, 0.15) is 22.8 Å². The van der Waals surface area contributed by atoms with Crippen molar-refractivity contribution >= 4 is 23.2 Å². The number of phenolic OH excluding ortho intramolecular Hbond substituents is 1. The Kier molecular flexibility index (Phi) is 5.58. The van der Waals surface area contributed by atoms with Crippen molar-refractivity contribution in [2.75, 3.05) is 28.2 Å². The number of hydrogen-bond donors (Lipinski definition) is 5. The SMILES string of the molecule is CN(C)Cc1ccc(O)c2c1C[C@H]1C[C@H]3[C@@H](N(C)C)C(=O)C(C(N)=O)=C(O)[C@@]3(O)C(=O)C1=C2O. The first kappa shape index (κ1) is 23.9. The van der Waals surface area contributed by atoms with Crippen LogP contribution in [-0.2, 0) is 27.3 Å². The normalized spacial score (nSPS) is 28.9. The quantitative estimate of drug-likeness (QED) is 0.381. The number of amides is 1. The third-order valence-corrected chi connectivity index (χ3v) is 7.19. The number of Topliss-reactive ketones (excluding diaryl/α,β-unsaturated/α-hetero) is 2. The highest BCUT2D eigenvalue weighted by atomic mass is 16.3. The fourth-order valence-corrected chi connectivity index (χ4v) is 5.80. The summed E-state index contributed by atoms with van der Waals surface area (Å²) in [5, 5.41) is 44.1. The Bertz CT molecular complexity index is 1180. The molecule has 0 saturated heterocycles. The van der Waals surface area contributed by atoms with Crippen molar-refractivity contribution in [3.63, 3.8) is 0 Å². The van der Waals surface area contributed by atoms with Gasteiger partial charge >= 0.3 is 0 Å². The number of rotatable bonds is 4. The fraction of sp³-hybridized carbons (Fsp3) is 0.458. The number of likely N-dealkylation sites (N-methyl/N-ethyl adjacent to an activating group) is 1. The van der Waals surface area contributed by atoms with Crippen LogP contribution >= 0.6 is 0 Å². The molecule has 4 atom stereocenters. The summed E-state index contributed by atoms with van der Waals surface area (Å²) in [5.41, 5.74) is 3.37. The fourth-order valence-electron chi connectivity index (χ4n) is 5.80. The lowest BCUT2D eigenvalue weighted by Crippen LogP contribution is -2.65. The minimum atomic E-state index is -2.62. The van der Waals surface area contributed by atoms with Crippen LogP contribution in [0.1, 0.15) is 23.1 Å². The van der Waals surface area contributed by atoms with E-state index >= 15 is 0 Å². The van der Waals surface area contributed by atoms with Crippen LogP contribution in [0.25, 0.3) is 5.76 Å². The molecule has 0 heterocycles. The second-order valence-corrected chi connectivity index (χ2v) is 9.80. The van der Waals surface area contributed by atoms with Crippen LogP contribution in [0.15, 0.2) is 29.0 Å². The van der Waals surface area contributed by atoms with E-state index in [1.54, 1.807) is 20.2 Å². The maximum absolute atomic E-state index is 13.7. The third kappa shape index (κ3) is 3.17. The molecule has 0 spiro atoms. The van der Waals surface area contributed by atoms with E-state index in [2.05, 4.69) is 0 Å². The number of carbonyl (C=O) groups is 3. The lowest BCUT2D eigenvalue weighted by Gasteiger charge is -2.50. The molecule has 3 aliphatic rings. The molecule has 6 N–H and O–H groups in total. The smallest absolute Gasteiger partial charge is 0.255 e. The molecule has 1 saturated carbocycles. The van der Waals surface area contributed by atoms with Gasteiger partial charge in [-0.05, 0) is 64.1 Å². The molecule has 1 amide bonds. The van der Waals surface area contributed by atoms with E-state index < -0.39 is 58.0 Å². The van der Waals surface area contributed by atoms with Gasteiger partial charge in [0, 0.05) is 18.0 Å². The Balaban J connectivity index is 1.96. The standard InChI is InChI=1S/C24H29N3O7/c1-26(2)9-10-5-6-14(28)16-12(10)7-11-8-13-18(27(3)4)20(30)17(23(25)33)22(32)24(13,34)21(31)15(11)19(16)29/h5-6,11,13,18,28-29,32,34H,7-9H2,1-4H3,(H2,25,33)/t11-,13-,18+,24-/m0/s1. The van der Waals surface area contributed by atoms with Crippen molar-refractivity contribution in [3.8, 4) is 5.75 Å². The molecule has 10 nitrogen and oxygen atoms in total. The van der Waals surface area contributed by atoms with Crippen LogP contribution in [0.5, 0.6) is 5.75 Å². The second kappa shape index (κ2) is 7.93. The largest absolute Gasteiger partial charge is 0.508 e. The second-order valence-electron chi connectivity index (χ2n) is 9.80. The zero-order chi connectivity index (χ0) is 25.3. The highest BCUT2D eigenvalue weighted by Crippen LogP contribution is 2.52. The number of aliphatic hydroxyl groups is 3. The lowest BCUT2D eigenvalue weighted by molar-refractivity contribution is -0.153. The Labute approximate surface area is 196 Å². The Morgan fingerprint density at radius 2 is 1.79 bits per heavy atom. The van der Waals surface area contributed by atoms with Gasteiger partial charge in [0.05, 0.1) is 11.6 Å². The van der Waals surface area contributed by atoms with Gasteiger partial charge in [0.25, 0.3) is 5.91 Å². The van der Waals surface area contributed by atoms with Gasteiger partial charge in [0.15, 0.2) is 11.4 Å². The molecule has 1 aromatic rings. The molecule has 3 aliphatic carbocycles. The molecule has 1 aromatic carbocycles. The molecule has 0 aliphatic heterocycles. The summed E-state index contributed by atoms with van der Waals surface area (Å²) in [6, 6.07) is 2.10. The predicted molar refractivity (Wildman–Crippen MR) is 122 cm³/mol. The summed E-state index contributed by atoms with van der Waals surface area (Å²) in [5.74, 6) is -6.48. The van der Waals surface area contributed by atoms with Gasteiger partial charge < -0.3 is 31.1 Å². The summed E-state index contributed by atoms with van der Waals surface area (Å²) < 4.78 is 0. The first-order valence-electron chi connectivity index (χ1n) is 11.0. The van der Waals surface area contributed by atoms with Gasteiger partial charge in [-0.2, -0.15) is 0 Å². The maximum atomic E-state index is 13.7. The highest BCUT2D eigenvalue weighted by Gasteiger charge is 2.64. The summed E-state index contributed by atoms with van der Waals surface area (Å²) >= 11 is 0. The van der Waals surface area contributed by atoms with Crippen LogP contribution in [0.2, 0.25) is 0 Å². The van der Waals surface area contributed by atoms with Crippen molar-refractivity contribution in [2.45, 2.75) is 31.0 Å². The Morgan fingerprint density at radius 3 is 2.35 bits per heavy atom. The minimum Gasteiger partial charge on any atom is -0.508 e. The number of carbonyl (C=O) groups excluding carboxylic acids is 3. The number of benzene rings is 1. The lowest BCUT2D eigenvalue weighted by atomic mass is 9.57. The van der Waals surface area contributed by atoms with E-state index in [4.69, 9.17) is 5.73 Å². The van der Waals surface area contributed by atoms with Crippen LogP contribution in [0.4, 0.5) is 0 Å². The Morgan fingerprint density at radius 1 is 1.15 bits per heavy atom. The summed E-state index contributed by atoms with van der Waals surface area (Å²) in [6.45, 7) is 0.531. The topological polar surface area (TPSA) is 165 Å². The average molecular weight is 472 g/mol. The van der Waals surface area contributed by atoms with E-state index in [1.165, 1.54) is 11.0 Å². The molecular formula is C24H29N3O7. The van der Waals surface area contributed by atoms with Crippen LogP contribution in [0.3, 0.4) is 0 Å². The van der Waals surface area contributed by atoms with Gasteiger partial charge in [-0.1, -0.05) is 6.07 Å². The van der Waals surface area contributed by atoms with Crippen LogP contribution in [-0.4, -0.2) is 87.5 Å². The minimum absolute atomic E-state index is 0.0722. The molecular weight excluding hydrogens is 442 g/mol. The monoisotopic (exact) mass is 471 g/mol. The third-order valence-electron chi connectivity index (χ3n) is 7.19. The van der Waals surface area contributed by atoms with Gasteiger partial charge in [0.2, 0.25) is 5.78 Å². The first-order valence-corrected chi connectivity index (χ1v) is 11.0. The molecule has 0 radical (unpaired) electrons. The number of aromatic hydroxyl groups is 1. The van der Waals surface area contributed by atoms with E-state index in [0.29, 0.717) is 12.1 Å². The zero-order valence-electron chi connectivity index (χ0n) is 19.5. The van der Waals surface area contributed by atoms with Gasteiger partial charge in [-0.25, -0.2) is 0 Å². The summed E-state index contributed by atoms with van der Waals surface area (Å²) in [7, 11) is 6.91. The number of nitrogens with two attached hydrogens (primary N) is 1. The predicted octanol–water partition coefficient (Wildman–Crippen LogP) is 0.0256. The number of phenols is 1. The number of hydrogen-bond acceptors (Lipinski definition) is 9. The van der Waals surface area contributed by atoms with E-state index in [0.717, 1.165) is 5.56 Å². The summed E-state index contributed by atoms with van der Waals surface area (Å²) in [4.78, 5) is 42.2. The average Bonchev–Trinajstić information content (AvgIpc) is 2.72. The van der Waals surface area contributed by atoms with Crippen molar-refractivity contribution in [2.24, 2.45) is 17.6 Å². The number of ketones is 2. The molecule has 182 valence electrons. The van der Waals surface area contributed by atoms with Crippen molar-refractivity contribution < 1.29 is 34.8 Å². The molecule has 1 fully saturated rings.